The van der Waals surface area contributed by atoms with Crippen molar-refractivity contribution in [3.05, 3.63) is 29.3 Å². The molecule has 0 aromatic heterocycles. The highest BCUT2D eigenvalue weighted by Gasteiger charge is 2.29. The summed E-state index contributed by atoms with van der Waals surface area (Å²) in [6.45, 7) is 6.55. The maximum Gasteiger partial charge on any atom is 0.222 e. The quantitative estimate of drug-likeness (QED) is 0.933. The lowest BCUT2D eigenvalue weighted by Gasteiger charge is -2.23. The van der Waals surface area contributed by atoms with Crippen LogP contribution in [0.15, 0.2) is 18.2 Å². The first kappa shape index (κ1) is 15.3. The van der Waals surface area contributed by atoms with Crippen molar-refractivity contribution in [1.29, 1.82) is 0 Å². The van der Waals surface area contributed by atoms with E-state index in [1.807, 2.05) is 11.8 Å². The van der Waals surface area contributed by atoms with Gasteiger partial charge < -0.3 is 15.0 Å². The molecule has 0 saturated carbocycles. The molecule has 22 heavy (non-hydrogen) atoms. The fourth-order valence-electron chi connectivity index (χ4n) is 3.48. The number of nitrogens with one attached hydrogen (secondary N) is 1. The first-order chi connectivity index (χ1) is 10.7. The van der Waals surface area contributed by atoms with Gasteiger partial charge in [0.1, 0.15) is 5.75 Å². The predicted molar refractivity (Wildman–Crippen MR) is 87.1 cm³/mol. The number of carbonyl (C=O) groups is 1. The van der Waals surface area contributed by atoms with E-state index in [9.17, 15) is 4.79 Å². The van der Waals surface area contributed by atoms with Gasteiger partial charge in [-0.2, -0.15) is 0 Å². The minimum atomic E-state index is 0.268. The maximum atomic E-state index is 11.8. The zero-order valence-electron chi connectivity index (χ0n) is 13.6. The highest BCUT2D eigenvalue weighted by atomic mass is 16.5. The van der Waals surface area contributed by atoms with Gasteiger partial charge in [-0.15, -0.1) is 0 Å². The molecule has 120 valence electrons. The summed E-state index contributed by atoms with van der Waals surface area (Å²) >= 11 is 0. The molecule has 2 atom stereocenters. The van der Waals surface area contributed by atoms with E-state index in [-0.39, 0.29) is 5.91 Å². The zero-order chi connectivity index (χ0) is 15.5. The molecule has 2 aliphatic rings. The first-order valence-corrected chi connectivity index (χ1v) is 8.44. The predicted octanol–water partition coefficient (Wildman–Crippen LogP) is 2.81. The van der Waals surface area contributed by atoms with Gasteiger partial charge in [-0.1, -0.05) is 19.1 Å². The van der Waals surface area contributed by atoms with E-state index in [4.69, 9.17) is 4.74 Å². The van der Waals surface area contributed by atoms with Crippen molar-refractivity contribution in [2.75, 3.05) is 19.7 Å². The second-order valence-corrected chi connectivity index (χ2v) is 6.43. The molecule has 4 heteroatoms. The summed E-state index contributed by atoms with van der Waals surface area (Å²) in [5.74, 6) is 1.29. The molecule has 0 spiro atoms. The summed E-state index contributed by atoms with van der Waals surface area (Å²) in [6.07, 6.45) is 3.81. The Balaban J connectivity index is 1.69. The van der Waals surface area contributed by atoms with Crippen molar-refractivity contribution in [3.8, 4) is 5.75 Å². The Morgan fingerprint density at radius 3 is 3.09 bits per heavy atom. The lowest BCUT2D eigenvalue weighted by Crippen LogP contribution is -2.37. The number of likely N-dealkylation sites (tertiary alicyclic amines) is 1. The lowest BCUT2D eigenvalue weighted by molar-refractivity contribution is -0.129. The fourth-order valence-corrected chi connectivity index (χ4v) is 3.48. The Morgan fingerprint density at radius 1 is 1.41 bits per heavy atom. The van der Waals surface area contributed by atoms with Crippen LogP contribution in [0.5, 0.6) is 5.75 Å². The fraction of sp³-hybridized carbons (Fsp3) is 0.611. The normalized spacial score (nSPS) is 24.5. The van der Waals surface area contributed by atoms with E-state index >= 15 is 0 Å². The van der Waals surface area contributed by atoms with Crippen LogP contribution in [0.25, 0.3) is 0 Å². The van der Waals surface area contributed by atoms with Gasteiger partial charge in [-0.25, -0.2) is 0 Å². The summed E-state index contributed by atoms with van der Waals surface area (Å²) in [6, 6.07) is 7.21. The van der Waals surface area contributed by atoms with E-state index in [1.165, 1.54) is 11.1 Å². The second-order valence-electron chi connectivity index (χ2n) is 6.43. The molecule has 4 nitrogen and oxygen atoms in total. The maximum absolute atomic E-state index is 11.8. The van der Waals surface area contributed by atoms with Crippen LogP contribution in [0.2, 0.25) is 0 Å². The molecule has 1 fully saturated rings. The Hall–Kier alpha value is -1.55. The van der Waals surface area contributed by atoms with Crippen molar-refractivity contribution in [1.82, 2.24) is 10.2 Å². The Labute approximate surface area is 132 Å². The molecule has 1 N–H and O–H groups in total. The van der Waals surface area contributed by atoms with Gasteiger partial charge in [0, 0.05) is 37.2 Å². The van der Waals surface area contributed by atoms with Crippen molar-refractivity contribution in [2.45, 2.75) is 51.6 Å². The summed E-state index contributed by atoms with van der Waals surface area (Å²) < 4.78 is 5.90. The monoisotopic (exact) mass is 302 g/mol. The largest absolute Gasteiger partial charge is 0.493 e. The third-order valence-electron chi connectivity index (χ3n) is 4.72. The summed E-state index contributed by atoms with van der Waals surface area (Å²) in [5, 5.41) is 3.77. The summed E-state index contributed by atoms with van der Waals surface area (Å²) in [5.41, 5.74) is 2.50. The molecule has 0 unspecified atom stereocenters. The molecule has 1 saturated heterocycles. The van der Waals surface area contributed by atoms with Crippen LogP contribution in [0.3, 0.4) is 0 Å². The van der Waals surface area contributed by atoms with Gasteiger partial charge >= 0.3 is 0 Å². The third-order valence-corrected chi connectivity index (χ3v) is 4.72. The van der Waals surface area contributed by atoms with Crippen molar-refractivity contribution in [2.24, 2.45) is 0 Å². The number of nitrogens with zero attached hydrogens (tertiary/aromatic N) is 1. The van der Waals surface area contributed by atoms with Crippen LogP contribution in [0.4, 0.5) is 0 Å². The van der Waals surface area contributed by atoms with E-state index < -0.39 is 0 Å². The molecule has 0 radical (unpaired) electrons. The van der Waals surface area contributed by atoms with Gasteiger partial charge in [0.2, 0.25) is 5.91 Å². The van der Waals surface area contributed by atoms with Gasteiger partial charge in [0.25, 0.3) is 0 Å². The van der Waals surface area contributed by atoms with E-state index in [0.717, 1.165) is 44.7 Å². The minimum absolute atomic E-state index is 0.268. The smallest absolute Gasteiger partial charge is 0.222 e. The number of rotatable bonds is 3. The molecule has 0 aliphatic carbocycles. The molecule has 0 bridgehead atoms. The van der Waals surface area contributed by atoms with Crippen LogP contribution in [0.1, 0.15) is 49.8 Å². The molecule has 1 aromatic rings. The topological polar surface area (TPSA) is 41.6 Å². The van der Waals surface area contributed by atoms with E-state index in [0.29, 0.717) is 18.5 Å². The Kier molecular flexibility index (Phi) is 4.67. The number of hydrogen-bond acceptors (Lipinski definition) is 3. The van der Waals surface area contributed by atoms with Crippen LogP contribution in [0, 0.1) is 6.92 Å². The van der Waals surface area contributed by atoms with Gasteiger partial charge in [0.15, 0.2) is 0 Å². The zero-order valence-corrected chi connectivity index (χ0v) is 13.6. The highest BCUT2D eigenvalue weighted by Crippen LogP contribution is 2.33. The molecule has 2 aliphatic heterocycles. The van der Waals surface area contributed by atoms with Crippen molar-refractivity contribution < 1.29 is 9.53 Å². The number of amides is 1. The number of ether oxygens (including phenoxy) is 1. The SMILES string of the molecule is CCC(=O)N1CC[C@@H](N[C@H]2CCCOc3cc(C)ccc32)C1. The van der Waals surface area contributed by atoms with E-state index in [1.54, 1.807) is 0 Å². The molecule has 1 amide bonds. The lowest BCUT2D eigenvalue weighted by atomic mass is 9.99. The van der Waals surface area contributed by atoms with Crippen LogP contribution in [-0.2, 0) is 4.79 Å². The van der Waals surface area contributed by atoms with E-state index in [2.05, 4.69) is 30.4 Å². The van der Waals surface area contributed by atoms with Gasteiger partial charge in [-0.05, 0) is 37.8 Å². The van der Waals surface area contributed by atoms with Crippen molar-refractivity contribution >= 4 is 5.91 Å². The average Bonchev–Trinajstić information content (AvgIpc) is 2.89. The third kappa shape index (κ3) is 3.27. The van der Waals surface area contributed by atoms with Crippen molar-refractivity contribution in [3.63, 3.8) is 0 Å². The number of aryl methyl sites for hydroxylation is 1. The van der Waals surface area contributed by atoms with Crippen LogP contribution < -0.4 is 10.1 Å². The minimum Gasteiger partial charge on any atom is -0.493 e. The average molecular weight is 302 g/mol. The number of benzene rings is 1. The molecule has 2 heterocycles. The molecular formula is C18H26N2O2. The summed E-state index contributed by atoms with van der Waals surface area (Å²) in [4.78, 5) is 13.8. The number of carbonyl (C=O) groups excluding carboxylic acids is 1. The molecule has 3 rings (SSSR count). The first-order valence-electron chi connectivity index (χ1n) is 8.44. The summed E-state index contributed by atoms with van der Waals surface area (Å²) in [7, 11) is 0. The van der Waals surface area contributed by atoms with Crippen LogP contribution >= 0.6 is 0 Å². The Bertz CT molecular complexity index is 544. The van der Waals surface area contributed by atoms with Gasteiger partial charge in [0.05, 0.1) is 6.61 Å². The second kappa shape index (κ2) is 6.69. The number of hydrogen-bond donors (Lipinski definition) is 1. The Morgan fingerprint density at radius 2 is 2.27 bits per heavy atom. The standard InChI is InChI=1S/C18H26N2O2/c1-3-18(21)20-9-8-14(12-20)19-16-5-4-10-22-17-11-13(2)6-7-15(16)17/h6-7,11,14,16,19H,3-5,8-10,12H2,1-2H3/t14-,16+/m1/s1. The van der Waals surface area contributed by atoms with Crippen LogP contribution in [-0.4, -0.2) is 36.5 Å². The number of fused-ring (bicyclic) bond motifs is 1. The highest BCUT2D eigenvalue weighted by molar-refractivity contribution is 5.76. The van der Waals surface area contributed by atoms with Gasteiger partial charge in [-0.3, -0.25) is 4.79 Å². The molecular weight excluding hydrogens is 276 g/mol. The molecule has 1 aromatic carbocycles.